The van der Waals surface area contributed by atoms with E-state index in [1.165, 1.54) is 0 Å². The van der Waals surface area contributed by atoms with Gasteiger partial charge in [-0.05, 0) is 31.2 Å². The molecule has 2 fully saturated rings. The molecule has 1 heterocycles. The Kier molecular flexibility index (Phi) is 5.91. The monoisotopic (exact) mass is 386 g/mol. The van der Waals surface area contributed by atoms with Crippen LogP contribution < -0.4 is 5.32 Å². The summed E-state index contributed by atoms with van der Waals surface area (Å²) in [4.78, 5) is 14.6. The molecule has 3 rings (SSSR count). The highest BCUT2D eigenvalue weighted by Crippen LogP contribution is 2.37. The molecule has 7 heteroatoms. The first-order chi connectivity index (χ1) is 11.9. The minimum Gasteiger partial charge on any atom is -0.347 e. The van der Waals surface area contributed by atoms with Gasteiger partial charge in [-0.15, -0.1) is 0 Å². The number of carbonyl (C=O) groups excluding carboxylic acids is 1. The number of likely N-dealkylation sites (N-methyl/N-ethyl adjacent to an activating group) is 2. The Morgan fingerprint density at radius 1 is 1.32 bits per heavy atom. The first kappa shape index (κ1) is 18.9. The maximum absolute atomic E-state index is 12.7. The maximum atomic E-state index is 12.7. The molecule has 1 saturated heterocycles. The second-order valence-corrected chi connectivity index (χ2v) is 7.56. The molecule has 1 N–H and O–H groups in total. The molecule has 0 radical (unpaired) electrons. The third-order valence-electron chi connectivity index (χ3n) is 5.23. The topological polar surface area (TPSA) is 50.8 Å². The van der Waals surface area contributed by atoms with Crippen molar-refractivity contribution in [3.05, 3.63) is 33.8 Å². The summed E-state index contributed by atoms with van der Waals surface area (Å²) in [6, 6.07) is 5.56. The zero-order valence-electron chi connectivity index (χ0n) is 14.6. The van der Waals surface area contributed by atoms with Crippen molar-refractivity contribution in [2.45, 2.75) is 43.6 Å². The summed E-state index contributed by atoms with van der Waals surface area (Å²) in [7, 11) is 3.78. The smallest absolute Gasteiger partial charge is 0.227 e. The molecule has 1 aromatic carbocycles. The Hall–Kier alpha value is -0.850. The van der Waals surface area contributed by atoms with Crippen LogP contribution in [0.4, 0.5) is 0 Å². The molecule has 0 aromatic heterocycles. The molecule has 1 spiro atoms. The molecular weight excluding hydrogens is 363 g/mol. The van der Waals surface area contributed by atoms with Gasteiger partial charge < -0.3 is 19.7 Å². The fraction of sp³-hybridized carbons (Fsp3) is 0.611. The van der Waals surface area contributed by atoms with E-state index >= 15 is 0 Å². The van der Waals surface area contributed by atoms with E-state index in [2.05, 4.69) is 5.32 Å². The van der Waals surface area contributed by atoms with Crippen LogP contribution in [0.5, 0.6) is 0 Å². The van der Waals surface area contributed by atoms with Crippen molar-refractivity contribution >= 4 is 29.1 Å². The van der Waals surface area contributed by atoms with Gasteiger partial charge in [0.25, 0.3) is 0 Å². The number of amides is 1. The maximum Gasteiger partial charge on any atom is 0.227 e. The van der Waals surface area contributed by atoms with Crippen LogP contribution in [0.15, 0.2) is 18.2 Å². The van der Waals surface area contributed by atoms with E-state index in [9.17, 15) is 4.79 Å². The lowest BCUT2D eigenvalue weighted by Crippen LogP contribution is -2.57. The standard InChI is InChI=1S/C18H24Cl2N2O3/c1-21-15-11-18(24-7-8-25-18)6-5-16(15)22(2)17(23)10-12-3-4-13(19)14(20)9-12/h3-4,9,15-16,21H,5-8,10-11H2,1-2H3/t15-,16-/m0/s1. The molecule has 138 valence electrons. The lowest BCUT2D eigenvalue weighted by atomic mass is 9.84. The summed E-state index contributed by atoms with van der Waals surface area (Å²) >= 11 is 12.0. The van der Waals surface area contributed by atoms with Gasteiger partial charge in [-0.1, -0.05) is 29.3 Å². The molecule has 1 aromatic rings. The summed E-state index contributed by atoms with van der Waals surface area (Å²) in [5.41, 5.74) is 0.863. The van der Waals surface area contributed by atoms with E-state index in [0.717, 1.165) is 24.8 Å². The van der Waals surface area contributed by atoms with E-state index in [0.29, 0.717) is 29.7 Å². The lowest BCUT2D eigenvalue weighted by Gasteiger charge is -2.44. The summed E-state index contributed by atoms with van der Waals surface area (Å²) < 4.78 is 11.7. The van der Waals surface area contributed by atoms with Crippen LogP contribution >= 0.6 is 23.2 Å². The first-order valence-corrected chi connectivity index (χ1v) is 9.34. The van der Waals surface area contributed by atoms with E-state index in [1.807, 2.05) is 25.1 Å². The minimum absolute atomic E-state index is 0.0628. The highest BCUT2D eigenvalue weighted by Gasteiger charge is 2.46. The predicted molar refractivity (Wildman–Crippen MR) is 98.1 cm³/mol. The van der Waals surface area contributed by atoms with Crippen molar-refractivity contribution in [3.8, 4) is 0 Å². The molecule has 0 bridgehead atoms. The normalized spacial score (nSPS) is 25.3. The molecule has 25 heavy (non-hydrogen) atoms. The van der Waals surface area contributed by atoms with Gasteiger partial charge >= 0.3 is 0 Å². The number of hydrogen-bond donors (Lipinski definition) is 1. The van der Waals surface area contributed by atoms with Crippen LogP contribution in [0.1, 0.15) is 24.8 Å². The Balaban J connectivity index is 1.65. The fourth-order valence-corrected chi connectivity index (χ4v) is 4.11. The summed E-state index contributed by atoms with van der Waals surface area (Å²) in [5, 5.41) is 4.30. The van der Waals surface area contributed by atoms with Crippen molar-refractivity contribution in [2.24, 2.45) is 0 Å². The average Bonchev–Trinajstić information content (AvgIpc) is 3.05. The molecule has 1 amide bonds. The lowest BCUT2D eigenvalue weighted by molar-refractivity contribution is -0.190. The van der Waals surface area contributed by atoms with Gasteiger partial charge in [0.05, 0.1) is 29.7 Å². The quantitative estimate of drug-likeness (QED) is 0.863. The van der Waals surface area contributed by atoms with Crippen LogP contribution in [0.2, 0.25) is 10.0 Å². The van der Waals surface area contributed by atoms with E-state index in [-0.39, 0.29) is 18.0 Å². The van der Waals surface area contributed by atoms with Gasteiger partial charge in [0.15, 0.2) is 5.79 Å². The van der Waals surface area contributed by atoms with Crippen LogP contribution in [-0.4, -0.2) is 56.0 Å². The molecule has 1 aliphatic carbocycles. The molecule has 2 atom stereocenters. The van der Waals surface area contributed by atoms with Gasteiger partial charge in [0.1, 0.15) is 0 Å². The average molecular weight is 387 g/mol. The molecule has 2 aliphatic rings. The van der Waals surface area contributed by atoms with Gasteiger partial charge in [0.2, 0.25) is 5.91 Å². The van der Waals surface area contributed by atoms with Crippen LogP contribution in [-0.2, 0) is 20.7 Å². The van der Waals surface area contributed by atoms with Crippen LogP contribution in [0.25, 0.3) is 0 Å². The van der Waals surface area contributed by atoms with Crippen molar-refractivity contribution in [3.63, 3.8) is 0 Å². The number of benzene rings is 1. The van der Waals surface area contributed by atoms with Gasteiger partial charge in [0, 0.05) is 32.0 Å². The van der Waals surface area contributed by atoms with E-state index in [1.54, 1.807) is 12.1 Å². The third-order valence-corrected chi connectivity index (χ3v) is 5.97. The number of rotatable bonds is 4. The highest BCUT2D eigenvalue weighted by atomic mass is 35.5. The Morgan fingerprint density at radius 3 is 2.68 bits per heavy atom. The highest BCUT2D eigenvalue weighted by molar-refractivity contribution is 6.42. The van der Waals surface area contributed by atoms with Crippen LogP contribution in [0, 0.1) is 0 Å². The first-order valence-electron chi connectivity index (χ1n) is 8.59. The van der Waals surface area contributed by atoms with Crippen molar-refractivity contribution in [2.75, 3.05) is 27.3 Å². The second kappa shape index (κ2) is 7.80. The zero-order valence-corrected chi connectivity index (χ0v) is 16.1. The Bertz CT molecular complexity index is 635. The number of carbonyl (C=O) groups is 1. The molecule has 1 aliphatic heterocycles. The number of nitrogens with one attached hydrogen (secondary N) is 1. The predicted octanol–water partition coefficient (Wildman–Crippen LogP) is 2.88. The zero-order chi connectivity index (χ0) is 18.0. The second-order valence-electron chi connectivity index (χ2n) is 6.74. The van der Waals surface area contributed by atoms with E-state index in [4.69, 9.17) is 32.7 Å². The summed E-state index contributed by atoms with van der Waals surface area (Å²) in [5.74, 6) is -0.412. The molecular formula is C18H24Cl2N2O3. The van der Waals surface area contributed by atoms with Gasteiger partial charge in [-0.2, -0.15) is 0 Å². The SMILES string of the molecule is CN[C@H]1CC2(CC[C@@H]1N(C)C(=O)Cc1ccc(Cl)c(Cl)c1)OCCO2. The largest absolute Gasteiger partial charge is 0.347 e. The summed E-state index contributed by atoms with van der Waals surface area (Å²) in [6.45, 7) is 1.29. The van der Waals surface area contributed by atoms with Crippen molar-refractivity contribution in [1.29, 1.82) is 0 Å². The van der Waals surface area contributed by atoms with Crippen LogP contribution in [0.3, 0.4) is 0 Å². The minimum atomic E-state index is -0.474. The fourth-order valence-electron chi connectivity index (χ4n) is 3.79. The summed E-state index contributed by atoms with van der Waals surface area (Å²) in [6.07, 6.45) is 2.70. The van der Waals surface area contributed by atoms with Gasteiger partial charge in [-0.25, -0.2) is 0 Å². The number of halogens is 2. The molecule has 1 saturated carbocycles. The number of nitrogens with zero attached hydrogens (tertiary/aromatic N) is 1. The van der Waals surface area contributed by atoms with Crippen molar-refractivity contribution in [1.82, 2.24) is 10.2 Å². The molecule has 5 nitrogen and oxygen atoms in total. The number of ether oxygens (including phenoxy) is 2. The third kappa shape index (κ3) is 4.12. The Labute approximate surface area is 158 Å². The Morgan fingerprint density at radius 2 is 2.04 bits per heavy atom. The van der Waals surface area contributed by atoms with E-state index < -0.39 is 5.79 Å². The van der Waals surface area contributed by atoms with Crippen molar-refractivity contribution < 1.29 is 14.3 Å². The molecule has 0 unspecified atom stereocenters. The van der Waals surface area contributed by atoms with Gasteiger partial charge in [-0.3, -0.25) is 4.79 Å². The number of hydrogen-bond acceptors (Lipinski definition) is 4.